The second-order valence-electron chi connectivity index (χ2n) is 8.28. The normalized spacial score (nSPS) is 24.5. The van der Waals surface area contributed by atoms with E-state index in [-0.39, 0.29) is 11.3 Å². The van der Waals surface area contributed by atoms with Crippen molar-refractivity contribution < 1.29 is 4.79 Å². The Hall–Kier alpha value is -1.16. The highest BCUT2D eigenvalue weighted by Crippen LogP contribution is 2.47. The fraction of sp³-hybridized carbons (Fsp3) is 0.684. The third-order valence-electron chi connectivity index (χ3n) is 5.64. The van der Waals surface area contributed by atoms with Crippen LogP contribution < -0.4 is 0 Å². The molecule has 0 N–H and O–H groups in total. The Bertz CT molecular complexity index is 680. The highest BCUT2D eigenvalue weighted by Gasteiger charge is 2.39. The van der Waals surface area contributed by atoms with Gasteiger partial charge in [0.25, 0.3) is 0 Å². The summed E-state index contributed by atoms with van der Waals surface area (Å²) in [7, 11) is 0. The van der Waals surface area contributed by atoms with E-state index in [9.17, 15) is 4.79 Å². The molecule has 0 saturated carbocycles. The van der Waals surface area contributed by atoms with E-state index in [0.717, 1.165) is 42.2 Å². The van der Waals surface area contributed by atoms with E-state index in [0.29, 0.717) is 5.78 Å². The van der Waals surface area contributed by atoms with E-state index >= 15 is 0 Å². The molecule has 124 valence electrons. The summed E-state index contributed by atoms with van der Waals surface area (Å²) < 4.78 is 0. The molecule has 3 nitrogen and oxygen atoms in total. The van der Waals surface area contributed by atoms with E-state index in [1.165, 1.54) is 36.2 Å². The van der Waals surface area contributed by atoms with E-state index in [1.807, 2.05) is 0 Å². The highest BCUT2D eigenvalue weighted by molar-refractivity contribution is 7.18. The smallest absolute Gasteiger partial charge is 0.176 e. The van der Waals surface area contributed by atoms with E-state index in [1.54, 1.807) is 11.3 Å². The number of nitrogens with zero attached hydrogens (tertiary/aromatic N) is 2. The van der Waals surface area contributed by atoms with Crippen LogP contribution in [-0.2, 0) is 13.0 Å². The molecule has 1 aromatic heterocycles. The topological polar surface area (TPSA) is 32.7 Å². The van der Waals surface area contributed by atoms with Crippen LogP contribution >= 0.6 is 11.3 Å². The maximum Gasteiger partial charge on any atom is 0.176 e. The number of carbonyl (C=O) groups is 1. The monoisotopic (exact) mass is 330 g/mol. The molecule has 0 amide bonds. The Labute approximate surface area is 142 Å². The van der Waals surface area contributed by atoms with Gasteiger partial charge in [0.1, 0.15) is 10.8 Å². The van der Waals surface area contributed by atoms with Crippen molar-refractivity contribution in [2.75, 3.05) is 6.54 Å². The number of hydrogen-bond acceptors (Lipinski definition) is 4. The van der Waals surface area contributed by atoms with Crippen molar-refractivity contribution in [1.82, 2.24) is 4.90 Å². The Kier molecular flexibility index (Phi) is 3.63. The van der Waals surface area contributed by atoms with Crippen LogP contribution in [0, 0.1) is 11.3 Å². The first-order valence-corrected chi connectivity index (χ1v) is 9.78. The van der Waals surface area contributed by atoms with Gasteiger partial charge in [0, 0.05) is 31.0 Å². The maximum absolute atomic E-state index is 13.0. The van der Waals surface area contributed by atoms with E-state index in [2.05, 4.69) is 25.7 Å². The highest BCUT2D eigenvalue weighted by atomic mass is 32.1. The van der Waals surface area contributed by atoms with Crippen LogP contribution in [0.3, 0.4) is 0 Å². The minimum atomic E-state index is 0.0561. The lowest BCUT2D eigenvalue weighted by molar-refractivity contribution is 0.0793. The molecule has 0 radical (unpaired) electrons. The lowest BCUT2D eigenvalue weighted by Gasteiger charge is -2.33. The molecule has 4 heteroatoms. The molecule has 1 unspecified atom stereocenters. The van der Waals surface area contributed by atoms with Crippen molar-refractivity contribution in [3.05, 3.63) is 16.0 Å². The first-order valence-electron chi connectivity index (χ1n) is 8.96. The minimum absolute atomic E-state index is 0.0561. The molecular weight excluding hydrogens is 304 g/mol. The molecule has 1 atom stereocenters. The van der Waals surface area contributed by atoms with Gasteiger partial charge in [-0.1, -0.05) is 27.2 Å². The summed E-state index contributed by atoms with van der Waals surface area (Å²) >= 11 is 1.66. The number of thiophene rings is 1. The first-order chi connectivity index (χ1) is 10.9. The summed E-state index contributed by atoms with van der Waals surface area (Å²) in [6.07, 6.45) is 6.97. The number of ketones is 1. The number of rotatable bonds is 0. The molecule has 0 aromatic carbocycles. The average molecular weight is 330 g/mol. The largest absolute Gasteiger partial charge is 0.356 e. The van der Waals surface area contributed by atoms with Crippen LogP contribution in [-0.4, -0.2) is 23.1 Å². The number of fused-ring (bicyclic) bond motifs is 4. The van der Waals surface area contributed by atoms with Crippen LogP contribution in [0.25, 0.3) is 0 Å². The summed E-state index contributed by atoms with van der Waals surface area (Å²) in [5, 5.41) is 1.13. The summed E-state index contributed by atoms with van der Waals surface area (Å²) in [4.78, 5) is 21.4. The van der Waals surface area contributed by atoms with Gasteiger partial charge < -0.3 is 4.90 Å². The Morgan fingerprint density at radius 1 is 1.13 bits per heavy atom. The lowest BCUT2D eigenvalue weighted by atomic mass is 9.71. The quantitative estimate of drug-likeness (QED) is 0.673. The lowest BCUT2D eigenvalue weighted by Crippen LogP contribution is -2.34. The SMILES string of the molecule is CC(C)(C)C1CCc2c(sc3c2CN2CCCCCC2=N3)C1=O. The molecule has 1 fully saturated rings. The van der Waals surface area contributed by atoms with Crippen LogP contribution in [0.2, 0.25) is 0 Å². The standard InChI is InChI=1S/C19H26N2OS/c1-19(2,3)14-9-8-12-13-11-21-10-6-4-5-7-15(21)20-18(13)23-17(12)16(14)22/h14H,4-11H2,1-3H3. The summed E-state index contributed by atoms with van der Waals surface area (Å²) in [5.41, 5.74) is 2.74. The molecule has 1 aromatic rings. The molecule has 3 aliphatic rings. The van der Waals surface area contributed by atoms with E-state index in [4.69, 9.17) is 4.99 Å². The molecule has 1 saturated heterocycles. The predicted molar refractivity (Wildman–Crippen MR) is 95.9 cm³/mol. The van der Waals surface area contributed by atoms with Crippen LogP contribution in [0.1, 0.15) is 73.7 Å². The van der Waals surface area contributed by atoms with Crippen molar-refractivity contribution in [3.63, 3.8) is 0 Å². The third-order valence-corrected chi connectivity index (χ3v) is 6.82. The number of hydrogen-bond donors (Lipinski definition) is 0. The maximum atomic E-state index is 13.0. The van der Waals surface area contributed by atoms with Crippen LogP contribution in [0.4, 0.5) is 5.00 Å². The van der Waals surface area contributed by atoms with Gasteiger partial charge in [-0.3, -0.25) is 4.79 Å². The average Bonchev–Trinajstić information content (AvgIpc) is 2.69. The van der Waals surface area contributed by atoms with Crippen molar-refractivity contribution in [1.29, 1.82) is 0 Å². The van der Waals surface area contributed by atoms with Crippen molar-refractivity contribution in [2.24, 2.45) is 16.3 Å². The second-order valence-corrected chi connectivity index (χ2v) is 9.27. The molecule has 23 heavy (non-hydrogen) atoms. The molecule has 0 spiro atoms. The second kappa shape index (κ2) is 5.44. The van der Waals surface area contributed by atoms with Crippen molar-refractivity contribution >= 4 is 28.0 Å². The molecule has 2 aliphatic heterocycles. The number of carbonyl (C=O) groups excluding carboxylic acids is 1. The molecule has 0 bridgehead atoms. The fourth-order valence-corrected chi connectivity index (χ4v) is 5.51. The Morgan fingerprint density at radius 2 is 1.96 bits per heavy atom. The van der Waals surface area contributed by atoms with Gasteiger partial charge in [0.05, 0.1) is 4.88 Å². The van der Waals surface area contributed by atoms with Crippen molar-refractivity contribution in [3.8, 4) is 0 Å². The van der Waals surface area contributed by atoms with Gasteiger partial charge in [-0.05, 0) is 36.7 Å². The minimum Gasteiger partial charge on any atom is -0.356 e. The Balaban J connectivity index is 1.72. The molecular formula is C19H26N2OS. The molecule has 1 aliphatic carbocycles. The number of Topliss-reactive ketones (excluding diaryl/α,β-unsaturated/α-hetero) is 1. The van der Waals surface area contributed by atoms with Crippen LogP contribution in [0.5, 0.6) is 0 Å². The van der Waals surface area contributed by atoms with Gasteiger partial charge in [-0.15, -0.1) is 11.3 Å². The third kappa shape index (κ3) is 2.55. The van der Waals surface area contributed by atoms with Gasteiger partial charge >= 0.3 is 0 Å². The number of amidine groups is 1. The van der Waals surface area contributed by atoms with Gasteiger partial charge in [0.2, 0.25) is 0 Å². The fourth-order valence-electron chi connectivity index (χ4n) is 4.26. The Morgan fingerprint density at radius 3 is 2.74 bits per heavy atom. The summed E-state index contributed by atoms with van der Waals surface area (Å²) in [6.45, 7) is 8.68. The van der Waals surface area contributed by atoms with Crippen molar-refractivity contribution in [2.45, 2.75) is 65.8 Å². The van der Waals surface area contributed by atoms with Crippen LogP contribution in [0.15, 0.2) is 4.99 Å². The van der Waals surface area contributed by atoms with Gasteiger partial charge in [-0.2, -0.15) is 0 Å². The van der Waals surface area contributed by atoms with Gasteiger partial charge in [0.15, 0.2) is 5.78 Å². The van der Waals surface area contributed by atoms with Gasteiger partial charge in [-0.25, -0.2) is 4.99 Å². The zero-order chi connectivity index (χ0) is 16.2. The zero-order valence-corrected chi connectivity index (χ0v) is 15.3. The molecule has 4 rings (SSSR count). The number of aliphatic imine (C=N–C) groups is 1. The summed E-state index contributed by atoms with van der Waals surface area (Å²) in [6, 6.07) is 0. The summed E-state index contributed by atoms with van der Waals surface area (Å²) in [5.74, 6) is 1.79. The predicted octanol–water partition coefficient (Wildman–Crippen LogP) is 4.96. The van der Waals surface area contributed by atoms with E-state index < -0.39 is 0 Å². The first kappa shape index (κ1) is 15.4. The molecule has 3 heterocycles. The zero-order valence-electron chi connectivity index (χ0n) is 14.4.